The lowest BCUT2D eigenvalue weighted by Gasteiger charge is -2.16. The number of aryl methyl sites for hydroxylation is 1. The molecule has 0 saturated heterocycles. The van der Waals surface area contributed by atoms with Gasteiger partial charge in [0.25, 0.3) is 5.91 Å². The van der Waals surface area contributed by atoms with E-state index in [9.17, 15) is 14.7 Å². The number of aliphatic carboxylic acids is 1. The molecule has 134 valence electrons. The number of nitrogens with one attached hydrogen (secondary N) is 1. The number of amides is 1. The Labute approximate surface area is 150 Å². The number of furan rings is 1. The van der Waals surface area contributed by atoms with E-state index in [1.807, 2.05) is 13.8 Å². The Morgan fingerprint density at radius 1 is 1.28 bits per heavy atom. The third-order valence-corrected chi connectivity index (χ3v) is 4.08. The van der Waals surface area contributed by atoms with Crippen molar-refractivity contribution in [3.05, 3.63) is 51.9 Å². The first-order valence-electron chi connectivity index (χ1n) is 7.72. The Balaban J connectivity index is 2.29. The Hall–Kier alpha value is -2.47. The Morgan fingerprint density at radius 3 is 2.44 bits per heavy atom. The topological polar surface area (TPSA) is 88.8 Å². The van der Waals surface area contributed by atoms with Gasteiger partial charge < -0.3 is 19.6 Å². The van der Waals surface area contributed by atoms with Crippen molar-refractivity contribution in [2.45, 2.75) is 32.7 Å². The van der Waals surface area contributed by atoms with Gasteiger partial charge in [-0.3, -0.25) is 4.79 Å². The van der Waals surface area contributed by atoms with E-state index in [0.717, 1.165) is 0 Å². The lowest BCUT2D eigenvalue weighted by Crippen LogP contribution is -2.33. The minimum Gasteiger partial charge on any atom is -0.495 e. The number of halogens is 1. The smallest absolute Gasteiger partial charge is 0.330 e. The van der Waals surface area contributed by atoms with E-state index in [1.54, 1.807) is 25.1 Å². The Kier molecular flexibility index (Phi) is 5.74. The first kappa shape index (κ1) is 18.9. The summed E-state index contributed by atoms with van der Waals surface area (Å²) in [6, 6.07) is 4.95. The van der Waals surface area contributed by atoms with E-state index in [4.69, 9.17) is 20.8 Å². The van der Waals surface area contributed by atoms with Gasteiger partial charge in [-0.25, -0.2) is 4.79 Å². The van der Waals surface area contributed by atoms with Gasteiger partial charge in [0.15, 0.2) is 6.04 Å². The largest absolute Gasteiger partial charge is 0.495 e. The van der Waals surface area contributed by atoms with Gasteiger partial charge >= 0.3 is 5.97 Å². The monoisotopic (exact) mass is 365 g/mol. The third kappa shape index (κ3) is 4.14. The van der Waals surface area contributed by atoms with Crippen molar-refractivity contribution < 1.29 is 23.8 Å². The van der Waals surface area contributed by atoms with E-state index in [0.29, 0.717) is 28.4 Å². The van der Waals surface area contributed by atoms with Crippen LogP contribution in [0.5, 0.6) is 5.75 Å². The quantitative estimate of drug-likeness (QED) is 0.809. The average Bonchev–Trinajstić information content (AvgIpc) is 2.94. The predicted molar refractivity (Wildman–Crippen MR) is 93.4 cm³/mol. The summed E-state index contributed by atoms with van der Waals surface area (Å²) >= 11 is 6.05. The van der Waals surface area contributed by atoms with Gasteiger partial charge in [-0.2, -0.15) is 0 Å². The van der Waals surface area contributed by atoms with E-state index in [2.05, 4.69) is 5.32 Å². The SMILES string of the molecule is COc1ccc(C(NC(=O)c2cc(C(C)C)oc2C)C(=O)O)cc1Cl. The summed E-state index contributed by atoms with van der Waals surface area (Å²) in [7, 11) is 1.46. The van der Waals surface area contributed by atoms with Crippen molar-refractivity contribution in [2.24, 2.45) is 0 Å². The highest BCUT2D eigenvalue weighted by Gasteiger charge is 2.26. The van der Waals surface area contributed by atoms with Crippen molar-refractivity contribution in [3.63, 3.8) is 0 Å². The van der Waals surface area contributed by atoms with Crippen LogP contribution < -0.4 is 10.1 Å². The van der Waals surface area contributed by atoms with Crippen molar-refractivity contribution in [3.8, 4) is 5.75 Å². The molecule has 7 heteroatoms. The molecule has 2 aromatic rings. The molecule has 0 saturated carbocycles. The van der Waals surface area contributed by atoms with Crippen LogP contribution in [0.3, 0.4) is 0 Å². The van der Waals surface area contributed by atoms with Crippen LogP contribution in [0, 0.1) is 6.92 Å². The standard InChI is InChI=1S/C18H20ClNO5/c1-9(2)15-8-12(10(3)25-15)17(21)20-16(18(22)23)11-5-6-14(24-4)13(19)7-11/h5-9,16H,1-4H3,(H,20,21)(H,22,23). The maximum absolute atomic E-state index is 12.5. The van der Waals surface area contributed by atoms with Crippen LogP contribution in [0.4, 0.5) is 0 Å². The fourth-order valence-corrected chi connectivity index (χ4v) is 2.64. The number of methoxy groups -OCH3 is 1. The summed E-state index contributed by atoms with van der Waals surface area (Å²) in [4.78, 5) is 24.1. The van der Waals surface area contributed by atoms with Crippen molar-refractivity contribution in [1.82, 2.24) is 5.32 Å². The lowest BCUT2D eigenvalue weighted by atomic mass is 10.1. The van der Waals surface area contributed by atoms with E-state index in [1.165, 1.54) is 13.2 Å². The summed E-state index contributed by atoms with van der Waals surface area (Å²) in [5, 5.41) is 12.3. The van der Waals surface area contributed by atoms with Gasteiger partial charge in [0, 0.05) is 5.92 Å². The van der Waals surface area contributed by atoms with E-state index in [-0.39, 0.29) is 10.9 Å². The number of carbonyl (C=O) groups is 2. The lowest BCUT2D eigenvalue weighted by molar-refractivity contribution is -0.139. The first-order chi connectivity index (χ1) is 11.7. The summed E-state index contributed by atoms with van der Waals surface area (Å²) in [6.45, 7) is 5.56. The molecule has 0 fully saturated rings. The number of hydrogen-bond acceptors (Lipinski definition) is 4. The first-order valence-corrected chi connectivity index (χ1v) is 8.09. The Bertz CT molecular complexity index is 797. The van der Waals surface area contributed by atoms with Gasteiger partial charge in [-0.15, -0.1) is 0 Å². The van der Waals surface area contributed by atoms with Crippen molar-refractivity contribution in [1.29, 1.82) is 0 Å². The number of carboxylic acids is 1. The van der Waals surface area contributed by atoms with Gasteiger partial charge in [0.2, 0.25) is 0 Å². The maximum atomic E-state index is 12.5. The molecule has 0 radical (unpaired) electrons. The summed E-state index contributed by atoms with van der Waals surface area (Å²) in [5.74, 6) is -0.0588. The predicted octanol–water partition coefficient (Wildman–Crippen LogP) is 3.93. The highest BCUT2D eigenvalue weighted by Crippen LogP contribution is 2.28. The summed E-state index contributed by atoms with van der Waals surface area (Å²) in [5.41, 5.74) is 0.659. The third-order valence-electron chi connectivity index (χ3n) is 3.78. The second-order valence-electron chi connectivity index (χ2n) is 5.91. The van der Waals surface area contributed by atoms with Gasteiger partial charge in [0.05, 0.1) is 17.7 Å². The number of hydrogen-bond donors (Lipinski definition) is 2. The molecule has 1 amide bonds. The molecule has 2 N–H and O–H groups in total. The molecular weight excluding hydrogens is 346 g/mol. The molecule has 1 aromatic carbocycles. The number of rotatable bonds is 6. The average molecular weight is 366 g/mol. The van der Waals surface area contributed by atoms with Crippen LogP contribution in [0.15, 0.2) is 28.7 Å². The maximum Gasteiger partial charge on any atom is 0.330 e. The molecule has 0 aliphatic rings. The van der Waals surface area contributed by atoms with Crippen LogP contribution in [-0.2, 0) is 4.79 Å². The normalized spacial score (nSPS) is 12.1. The Morgan fingerprint density at radius 2 is 1.96 bits per heavy atom. The molecule has 1 aromatic heterocycles. The van der Waals surface area contributed by atoms with Crippen LogP contribution in [-0.4, -0.2) is 24.1 Å². The van der Waals surface area contributed by atoms with Crippen LogP contribution in [0.2, 0.25) is 5.02 Å². The summed E-state index contributed by atoms with van der Waals surface area (Å²) < 4.78 is 10.6. The molecule has 25 heavy (non-hydrogen) atoms. The van der Waals surface area contributed by atoms with Crippen LogP contribution >= 0.6 is 11.6 Å². The molecule has 6 nitrogen and oxygen atoms in total. The second kappa shape index (κ2) is 7.61. The fraction of sp³-hybridized carbons (Fsp3) is 0.333. The zero-order valence-electron chi connectivity index (χ0n) is 14.4. The second-order valence-corrected chi connectivity index (χ2v) is 6.32. The van der Waals surface area contributed by atoms with E-state index < -0.39 is 17.9 Å². The molecule has 2 rings (SSSR count). The number of carboxylic acid groups (broad SMARTS) is 1. The van der Waals surface area contributed by atoms with E-state index >= 15 is 0 Å². The minimum absolute atomic E-state index is 0.121. The molecule has 0 spiro atoms. The number of ether oxygens (including phenoxy) is 1. The van der Waals surface area contributed by atoms with Crippen LogP contribution in [0.25, 0.3) is 0 Å². The fourth-order valence-electron chi connectivity index (χ4n) is 2.37. The molecule has 1 heterocycles. The van der Waals surface area contributed by atoms with Crippen LogP contribution in [0.1, 0.15) is 53.2 Å². The molecule has 0 aliphatic carbocycles. The highest BCUT2D eigenvalue weighted by molar-refractivity contribution is 6.32. The zero-order chi connectivity index (χ0) is 18.7. The molecular formula is C18H20ClNO5. The van der Waals surface area contributed by atoms with Gasteiger partial charge in [-0.1, -0.05) is 31.5 Å². The molecule has 1 unspecified atom stereocenters. The molecule has 0 bridgehead atoms. The number of carbonyl (C=O) groups excluding carboxylic acids is 1. The van der Waals surface area contributed by atoms with Crippen molar-refractivity contribution >= 4 is 23.5 Å². The summed E-state index contributed by atoms with van der Waals surface area (Å²) in [6.07, 6.45) is 0. The minimum atomic E-state index is -1.24. The molecule has 0 aliphatic heterocycles. The highest BCUT2D eigenvalue weighted by atomic mass is 35.5. The zero-order valence-corrected chi connectivity index (χ0v) is 15.2. The number of benzene rings is 1. The van der Waals surface area contributed by atoms with Gasteiger partial charge in [-0.05, 0) is 30.7 Å². The van der Waals surface area contributed by atoms with Gasteiger partial charge in [0.1, 0.15) is 17.3 Å². The van der Waals surface area contributed by atoms with Crippen molar-refractivity contribution in [2.75, 3.05) is 7.11 Å². The molecule has 1 atom stereocenters.